The van der Waals surface area contributed by atoms with Gasteiger partial charge in [-0.25, -0.2) is 8.42 Å². The van der Waals surface area contributed by atoms with E-state index in [0.717, 1.165) is 10.2 Å². The van der Waals surface area contributed by atoms with E-state index in [1.54, 1.807) is 45.2 Å². The molecule has 2 heterocycles. The van der Waals surface area contributed by atoms with Crippen LogP contribution < -0.4 is 4.80 Å². The summed E-state index contributed by atoms with van der Waals surface area (Å²) in [4.78, 5) is 17.6. The lowest BCUT2D eigenvalue weighted by molar-refractivity contribution is 0.0996. The molecule has 0 aliphatic carbocycles. The molecule has 0 spiro atoms. The van der Waals surface area contributed by atoms with Crippen molar-refractivity contribution in [3.63, 3.8) is 0 Å². The zero-order valence-electron chi connectivity index (χ0n) is 15.5. The number of carbonyl (C=O) groups is 1. The van der Waals surface area contributed by atoms with Crippen LogP contribution in [-0.4, -0.2) is 38.9 Å². The van der Waals surface area contributed by atoms with Crippen molar-refractivity contribution in [1.29, 1.82) is 0 Å². The van der Waals surface area contributed by atoms with Crippen molar-refractivity contribution in [1.82, 2.24) is 4.57 Å². The van der Waals surface area contributed by atoms with Crippen LogP contribution in [0.3, 0.4) is 0 Å². The van der Waals surface area contributed by atoms with Gasteiger partial charge in [0.25, 0.3) is 5.91 Å². The van der Waals surface area contributed by atoms with E-state index in [9.17, 15) is 13.2 Å². The van der Waals surface area contributed by atoms with Crippen LogP contribution in [0, 0.1) is 13.8 Å². The third kappa shape index (κ3) is 4.05. The molecule has 0 radical (unpaired) electrons. The summed E-state index contributed by atoms with van der Waals surface area (Å²) in [6, 6.07) is 6.56. The lowest BCUT2D eigenvalue weighted by Crippen LogP contribution is -2.19. The number of amides is 1. The summed E-state index contributed by atoms with van der Waals surface area (Å²) in [5, 5.41) is 0. The van der Waals surface area contributed by atoms with Gasteiger partial charge >= 0.3 is 0 Å². The van der Waals surface area contributed by atoms with Crippen LogP contribution in [0.4, 0.5) is 0 Å². The summed E-state index contributed by atoms with van der Waals surface area (Å²) in [6.07, 6.45) is 1.17. The maximum atomic E-state index is 12.6. The van der Waals surface area contributed by atoms with Crippen molar-refractivity contribution in [2.75, 3.05) is 20.0 Å². The number of fused-ring (bicyclic) bond motifs is 1. The van der Waals surface area contributed by atoms with Gasteiger partial charge in [-0.3, -0.25) is 4.79 Å². The van der Waals surface area contributed by atoms with Gasteiger partial charge in [-0.15, -0.1) is 0 Å². The summed E-state index contributed by atoms with van der Waals surface area (Å²) < 4.78 is 36.8. The molecule has 1 amide bonds. The fourth-order valence-electron chi connectivity index (χ4n) is 2.76. The van der Waals surface area contributed by atoms with Crippen LogP contribution in [0.25, 0.3) is 10.2 Å². The standard InChI is InChI=1S/C18H20N2O5S2/c1-11-9-14(12(2)25-11)17(21)19-18-20(7-8-24-3)15-6-5-13(27(4,22)23)10-16(15)26-18/h5-6,9-10H,7-8H2,1-4H3. The second-order valence-electron chi connectivity index (χ2n) is 6.17. The van der Waals surface area contributed by atoms with Crippen LogP contribution in [0.2, 0.25) is 0 Å². The third-order valence-electron chi connectivity index (χ3n) is 4.07. The van der Waals surface area contributed by atoms with Crippen molar-refractivity contribution in [3.8, 4) is 0 Å². The number of hydrogen-bond acceptors (Lipinski definition) is 6. The molecule has 9 heteroatoms. The average Bonchev–Trinajstić information content (AvgIpc) is 3.10. The summed E-state index contributed by atoms with van der Waals surface area (Å²) in [5.74, 6) is 0.767. The highest BCUT2D eigenvalue weighted by atomic mass is 32.2. The Balaban J connectivity index is 2.17. The minimum absolute atomic E-state index is 0.231. The number of methoxy groups -OCH3 is 1. The van der Waals surface area contributed by atoms with Gasteiger partial charge in [-0.1, -0.05) is 11.3 Å². The minimum atomic E-state index is -3.32. The molecule has 7 nitrogen and oxygen atoms in total. The van der Waals surface area contributed by atoms with E-state index >= 15 is 0 Å². The SMILES string of the molecule is COCCn1c(=NC(=O)c2cc(C)oc2C)sc2cc(S(C)(=O)=O)ccc21. The first-order chi connectivity index (χ1) is 12.7. The van der Waals surface area contributed by atoms with Crippen LogP contribution in [0.5, 0.6) is 0 Å². The molecular weight excluding hydrogens is 388 g/mol. The lowest BCUT2D eigenvalue weighted by Gasteiger charge is -2.05. The van der Waals surface area contributed by atoms with E-state index in [4.69, 9.17) is 9.15 Å². The molecule has 27 heavy (non-hydrogen) atoms. The smallest absolute Gasteiger partial charge is 0.283 e. The van der Waals surface area contributed by atoms with Crippen molar-refractivity contribution in [2.24, 2.45) is 4.99 Å². The Bertz CT molecular complexity index is 1180. The fourth-order valence-corrected chi connectivity index (χ4v) is 4.57. The molecule has 0 saturated heterocycles. The molecule has 0 aliphatic rings. The zero-order valence-corrected chi connectivity index (χ0v) is 17.1. The van der Waals surface area contributed by atoms with Gasteiger partial charge in [0, 0.05) is 19.9 Å². The molecule has 1 aromatic carbocycles. The van der Waals surface area contributed by atoms with Crippen LogP contribution in [0.1, 0.15) is 21.9 Å². The Morgan fingerprint density at radius 3 is 2.63 bits per heavy atom. The molecule has 0 N–H and O–H groups in total. The molecule has 3 rings (SSSR count). The number of rotatable bonds is 5. The van der Waals surface area contributed by atoms with Crippen molar-refractivity contribution < 1.29 is 22.4 Å². The molecule has 144 valence electrons. The Labute approximate surface area is 160 Å². The van der Waals surface area contributed by atoms with Crippen molar-refractivity contribution in [3.05, 3.63) is 46.2 Å². The predicted molar refractivity (Wildman–Crippen MR) is 103 cm³/mol. The van der Waals surface area contributed by atoms with Crippen LogP contribution >= 0.6 is 11.3 Å². The van der Waals surface area contributed by atoms with Gasteiger partial charge in [-0.05, 0) is 38.1 Å². The number of aromatic nitrogens is 1. The summed E-state index contributed by atoms with van der Waals surface area (Å²) in [6.45, 7) is 4.42. The van der Waals surface area contributed by atoms with E-state index < -0.39 is 15.7 Å². The summed E-state index contributed by atoms with van der Waals surface area (Å²) in [7, 11) is -1.73. The number of aryl methyl sites for hydroxylation is 2. The fraction of sp³-hybridized carbons (Fsp3) is 0.333. The number of hydrogen-bond donors (Lipinski definition) is 0. The molecule has 0 atom stereocenters. The molecule has 0 unspecified atom stereocenters. The average molecular weight is 409 g/mol. The van der Waals surface area contributed by atoms with E-state index in [1.807, 2.05) is 4.57 Å². The minimum Gasteiger partial charge on any atom is -0.466 e. The summed E-state index contributed by atoms with van der Waals surface area (Å²) >= 11 is 1.27. The Morgan fingerprint density at radius 2 is 2.04 bits per heavy atom. The largest absolute Gasteiger partial charge is 0.466 e. The van der Waals surface area contributed by atoms with E-state index in [2.05, 4.69) is 4.99 Å². The zero-order chi connectivity index (χ0) is 19.8. The van der Waals surface area contributed by atoms with E-state index in [-0.39, 0.29) is 4.90 Å². The third-order valence-corrected chi connectivity index (χ3v) is 6.22. The highest BCUT2D eigenvalue weighted by molar-refractivity contribution is 7.90. The normalized spacial score (nSPS) is 12.8. The van der Waals surface area contributed by atoms with Crippen LogP contribution in [0.15, 0.2) is 38.6 Å². The second-order valence-corrected chi connectivity index (χ2v) is 9.20. The second kappa shape index (κ2) is 7.41. The van der Waals surface area contributed by atoms with Gasteiger partial charge in [0.2, 0.25) is 0 Å². The molecule has 2 aromatic heterocycles. The Kier molecular flexibility index (Phi) is 5.36. The van der Waals surface area contributed by atoms with Gasteiger partial charge in [0.05, 0.1) is 27.3 Å². The van der Waals surface area contributed by atoms with Gasteiger partial charge in [0.15, 0.2) is 14.6 Å². The number of ether oxygens (including phenoxy) is 1. The highest BCUT2D eigenvalue weighted by Gasteiger charge is 2.15. The van der Waals surface area contributed by atoms with Gasteiger partial charge < -0.3 is 13.7 Å². The maximum absolute atomic E-state index is 12.6. The molecule has 0 bridgehead atoms. The maximum Gasteiger partial charge on any atom is 0.283 e. The monoisotopic (exact) mass is 408 g/mol. The van der Waals surface area contributed by atoms with Gasteiger partial charge in [0.1, 0.15) is 11.5 Å². The number of thiazole rings is 1. The molecule has 0 aliphatic heterocycles. The van der Waals surface area contributed by atoms with E-state index in [1.165, 1.54) is 17.6 Å². The lowest BCUT2D eigenvalue weighted by atomic mass is 10.2. The topological polar surface area (TPSA) is 90.9 Å². The van der Waals surface area contributed by atoms with Crippen molar-refractivity contribution >= 4 is 37.3 Å². The first-order valence-electron chi connectivity index (χ1n) is 8.19. The molecule has 0 fully saturated rings. The molecular formula is C18H20N2O5S2. The van der Waals surface area contributed by atoms with Crippen molar-refractivity contribution in [2.45, 2.75) is 25.3 Å². The highest BCUT2D eigenvalue weighted by Crippen LogP contribution is 2.22. The summed E-state index contributed by atoms with van der Waals surface area (Å²) in [5.41, 5.74) is 1.22. The first kappa shape index (κ1) is 19.5. The molecule has 3 aromatic rings. The Morgan fingerprint density at radius 1 is 1.30 bits per heavy atom. The number of carbonyl (C=O) groups excluding carboxylic acids is 1. The Hall–Kier alpha value is -2.23. The number of furan rings is 1. The quantitative estimate of drug-likeness (QED) is 0.647. The molecule has 0 saturated carbocycles. The first-order valence-corrected chi connectivity index (χ1v) is 10.9. The predicted octanol–water partition coefficient (Wildman–Crippen LogP) is 2.70. The van der Waals surface area contributed by atoms with Gasteiger partial charge in [-0.2, -0.15) is 4.99 Å². The number of nitrogens with zero attached hydrogens (tertiary/aromatic N) is 2. The number of sulfone groups is 1. The van der Waals surface area contributed by atoms with Crippen LogP contribution in [-0.2, 0) is 21.1 Å². The number of benzene rings is 1. The van der Waals surface area contributed by atoms with E-state index in [0.29, 0.717) is 35.0 Å².